The summed E-state index contributed by atoms with van der Waals surface area (Å²) in [6, 6.07) is 5.53. The molecule has 0 unspecified atom stereocenters. The minimum absolute atomic E-state index is 0.0579. The highest BCUT2D eigenvalue weighted by Crippen LogP contribution is 2.24. The Kier molecular flexibility index (Phi) is 5.24. The van der Waals surface area contributed by atoms with Gasteiger partial charge in [0.15, 0.2) is 0 Å². The molecule has 0 spiro atoms. The van der Waals surface area contributed by atoms with Crippen LogP contribution in [0.25, 0.3) is 0 Å². The Morgan fingerprint density at radius 1 is 1.35 bits per heavy atom. The molecule has 1 atom stereocenters. The van der Waals surface area contributed by atoms with Crippen molar-refractivity contribution >= 4 is 5.91 Å². The van der Waals surface area contributed by atoms with E-state index in [-0.39, 0.29) is 11.9 Å². The van der Waals surface area contributed by atoms with Crippen molar-refractivity contribution < 1.29 is 14.3 Å². The van der Waals surface area contributed by atoms with Crippen LogP contribution in [-0.2, 0) is 11.3 Å². The van der Waals surface area contributed by atoms with Gasteiger partial charge in [0.1, 0.15) is 11.5 Å². The number of carbonyl (C=O) groups excluding carboxylic acids is 1. The SMILES string of the molecule is COc1ccc(CNC(=O)[C@H]2CCCCN2)c(OC)c1. The molecule has 1 amide bonds. The number of hydrogen-bond donors (Lipinski definition) is 2. The average Bonchev–Trinajstić information content (AvgIpc) is 2.53. The quantitative estimate of drug-likeness (QED) is 0.856. The van der Waals surface area contributed by atoms with Gasteiger partial charge in [-0.2, -0.15) is 0 Å². The molecule has 2 rings (SSSR count). The lowest BCUT2D eigenvalue weighted by atomic mass is 10.0. The smallest absolute Gasteiger partial charge is 0.237 e. The standard InChI is InChI=1S/C15H22N2O3/c1-19-12-7-6-11(14(9-12)20-2)10-17-15(18)13-5-3-4-8-16-13/h6-7,9,13,16H,3-5,8,10H2,1-2H3,(H,17,18)/t13-/m1/s1. The normalized spacial score (nSPS) is 18.4. The Morgan fingerprint density at radius 2 is 2.20 bits per heavy atom. The predicted octanol–water partition coefficient (Wildman–Crippen LogP) is 1.46. The topological polar surface area (TPSA) is 59.6 Å². The molecule has 1 aromatic rings. The van der Waals surface area contributed by atoms with E-state index in [0.29, 0.717) is 6.54 Å². The number of carbonyl (C=O) groups is 1. The summed E-state index contributed by atoms with van der Waals surface area (Å²) in [4.78, 5) is 12.1. The first-order valence-electron chi connectivity index (χ1n) is 6.96. The summed E-state index contributed by atoms with van der Waals surface area (Å²) >= 11 is 0. The average molecular weight is 278 g/mol. The molecule has 5 heteroatoms. The van der Waals surface area contributed by atoms with Gasteiger partial charge in [-0.25, -0.2) is 0 Å². The lowest BCUT2D eigenvalue weighted by Gasteiger charge is -2.22. The summed E-state index contributed by atoms with van der Waals surface area (Å²) in [6.45, 7) is 1.38. The molecule has 0 radical (unpaired) electrons. The first-order chi connectivity index (χ1) is 9.74. The summed E-state index contributed by atoms with van der Waals surface area (Å²) in [5, 5.41) is 6.20. The highest BCUT2D eigenvalue weighted by atomic mass is 16.5. The molecule has 0 aromatic heterocycles. The third-order valence-electron chi connectivity index (χ3n) is 3.57. The molecule has 1 aliphatic rings. The number of benzene rings is 1. The Labute approximate surface area is 119 Å². The Morgan fingerprint density at radius 3 is 2.85 bits per heavy atom. The van der Waals surface area contributed by atoms with Crippen molar-refractivity contribution in [2.24, 2.45) is 0 Å². The van der Waals surface area contributed by atoms with E-state index >= 15 is 0 Å². The molecule has 0 saturated carbocycles. The van der Waals surface area contributed by atoms with Gasteiger partial charge < -0.3 is 20.1 Å². The van der Waals surface area contributed by atoms with E-state index in [2.05, 4.69) is 10.6 Å². The highest BCUT2D eigenvalue weighted by molar-refractivity contribution is 5.81. The van der Waals surface area contributed by atoms with Crippen LogP contribution >= 0.6 is 0 Å². The third-order valence-corrected chi connectivity index (χ3v) is 3.57. The number of ether oxygens (including phenoxy) is 2. The number of hydrogen-bond acceptors (Lipinski definition) is 4. The number of piperidine rings is 1. The van der Waals surface area contributed by atoms with Crippen LogP contribution in [0, 0.1) is 0 Å². The monoisotopic (exact) mass is 278 g/mol. The van der Waals surface area contributed by atoms with Crippen LogP contribution in [-0.4, -0.2) is 32.7 Å². The molecule has 2 N–H and O–H groups in total. The Balaban J connectivity index is 1.94. The van der Waals surface area contributed by atoms with Crippen molar-refractivity contribution in [2.75, 3.05) is 20.8 Å². The zero-order chi connectivity index (χ0) is 14.4. The molecule has 5 nitrogen and oxygen atoms in total. The van der Waals surface area contributed by atoms with Crippen molar-refractivity contribution in [1.29, 1.82) is 0 Å². The molecule has 0 bridgehead atoms. The number of amides is 1. The van der Waals surface area contributed by atoms with Crippen LogP contribution in [0.5, 0.6) is 11.5 Å². The van der Waals surface area contributed by atoms with E-state index in [0.717, 1.165) is 42.9 Å². The second kappa shape index (κ2) is 7.14. The van der Waals surface area contributed by atoms with Gasteiger partial charge in [0.2, 0.25) is 5.91 Å². The highest BCUT2D eigenvalue weighted by Gasteiger charge is 2.20. The van der Waals surface area contributed by atoms with Crippen LogP contribution in [0.15, 0.2) is 18.2 Å². The minimum atomic E-state index is -0.0620. The molecular formula is C15H22N2O3. The molecule has 1 saturated heterocycles. The maximum Gasteiger partial charge on any atom is 0.237 e. The van der Waals surface area contributed by atoms with Crippen molar-refractivity contribution in [3.8, 4) is 11.5 Å². The van der Waals surface area contributed by atoms with Gasteiger partial charge in [0.05, 0.1) is 20.3 Å². The lowest BCUT2D eigenvalue weighted by Crippen LogP contribution is -2.46. The van der Waals surface area contributed by atoms with Gasteiger partial charge in [-0.3, -0.25) is 4.79 Å². The predicted molar refractivity (Wildman–Crippen MR) is 77.0 cm³/mol. The first kappa shape index (κ1) is 14.7. The summed E-state index contributed by atoms with van der Waals surface area (Å²) < 4.78 is 10.5. The fourth-order valence-electron chi connectivity index (χ4n) is 2.38. The molecule has 1 aromatic carbocycles. The molecule has 1 heterocycles. The second-order valence-corrected chi connectivity index (χ2v) is 4.90. The summed E-state index contributed by atoms with van der Waals surface area (Å²) in [5.41, 5.74) is 0.942. The van der Waals surface area contributed by atoms with E-state index in [1.165, 1.54) is 0 Å². The van der Waals surface area contributed by atoms with Gasteiger partial charge in [-0.05, 0) is 31.5 Å². The minimum Gasteiger partial charge on any atom is -0.497 e. The van der Waals surface area contributed by atoms with E-state index in [4.69, 9.17) is 9.47 Å². The van der Waals surface area contributed by atoms with Gasteiger partial charge in [-0.1, -0.05) is 6.42 Å². The molecule has 1 fully saturated rings. The molecule has 0 aliphatic carbocycles. The maximum atomic E-state index is 12.1. The van der Waals surface area contributed by atoms with Crippen LogP contribution in [0.2, 0.25) is 0 Å². The zero-order valence-corrected chi connectivity index (χ0v) is 12.1. The fraction of sp³-hybridized carbons (Fsp3) is 0.533. The maximum absolute atomic E-state index is 12.1. The van der Waals surface area contributed by atoms with Gasteiger partial charge in [0.25, 0.3) is 0 Å². The van der Waals surface area contributed by atoms with Crippen molar-refractivity contribution in [2.45, 2.75) is 31.8 Å². The number of nitrogens with one attached hydrogen (secondary N) is 2. The van der Waals surface area contributed by atoms with E-state index < -0.39 is 0 Å². The van der Waals surface area contributed by atoms with Crippen LogP contribution < -0.4 is 20.1 Å². The zero-order valence-electron chi connectivity index (χ0n) is 12.1. The van der Waals surface area contributed by atoms with Gasteiger partial charge in [0, 0.05) is 18.2 Å². The second-order valence-electron chi connectivity index (χ2n) is 4.90. The molecule has 1 aliphatic heterocycles. The van der Waals surface area contributed by atoms with E-state index in [1.54, 1.807) is 14.2 Å². The fourth-order valence-corrected chi connectivity index (χ4v) is 2.38. The summed E-state index contributed by atoms with van der Waals surface area (Å²) in [5.74, 6) is 1.52. The van der Waals surface area contributed by atoms with Crippen LogP contribution in [0.3, 0.4) is 0 Å². The molecular weight excluding hydrogens is 256 g/mol. The van der Waals surface area contributed by atoms with Gasteiger partial charge in [-0.15, -0.1) is 0 Å². The molecule has 110 valence electrons. The van der Waals surface area contributed by atoms with Crippen molar-refractivity contribution in [3.63, 3.8) is 0 Å². The van der Waals surface area contributed by atoms with E-state index in [9.17, 15) is 4.79 Å². The Hall–Kier alpha value is -1.75. The Bertz CT molecular complexity index is 456. The van der Waals surface area contributed by atoms with Crippen molar-refractivity contribution in [1.82, 2.24) is 10.6 Å². The summed E-state index contributed by atoms with van der Waals surface area (Å²) in [6.07, 6.45) is 3.17. The number of rotatable bonds is 5. The first-order valence-corrected chi connectivity index (χ1v) is 6.96. The molecule has 20 heavy (non-hydrogen) atoms. The summed E-state index contributed by atoms with van der Waals surface area (Å²) in [7, 11) is 3.23. The largest absolute Gasteiger partial charge is 0.497 e. The van der Waals surface area contributed by atoms with E-state index in [1.807, 2.05) is 18.2 Å². The van der Waals surface area contributed by atoms with Crippen LogP contribution in [0.1, 0.15) is 24.8 Å². The van der Waals surface area contributed by atoms with Gasteiger partial charge >= 0.3 is 0 Å². The third kappa shape index (κ3) is 3.63. The lowest BCUT2D eigenvalue weighted by molar-refractivity contribution is -0.123. The van der Waals surface area contributed by atoms with Crippen molar-refractivity contribution in [3.05, 3.63) is 23.8 Å². The number of methoxy groups -OCH3 is 2. The van der Waals surface area contributed by atoms with Crippen LogP contribution in [0.4, 0.5) is 0 Å².